The van der Waals surface area contributed by atoms with Crippen LogP contribution >= 0.6 is 0 Å². The Morgan fingerprint density at radius 3 is 2.56 bits per heavy atom. The highest BCUT2D eigenvalue weighted by atomic mass is 16.6. The topological polar surface area (TPSA) is 163 Å². The van der Waals surface area contributed by atoms with E-state index in [-0.39, 0.29) is 35.8 Å². The standard InChI is InChI=1S/C32H29N5O6/c33-28-27-30(36-29(35-28)20-8-2-1-3-9-20)37(18-34-27)31-26(39)16-22(43-31)17-42-21-10-6-7-19(15-21)13-14-25(38)23-11-4-5-12-24(23)32(40)41/h1-12,15,18,22,26,31,39H,13-14,16-17H2,(H,40,41)(H2,33,35,36)/t22-,26+,31+/m0/s1. The molecule has 3 aromatic carbocycles. The van der Waals surface area contributed by atoms with Crippen LogP contribution in [-0.2, 0) is 11.2 Å². The number of carboxylic acids is 1. The van der Waals surface area contributed by atoms with Gasteiger partial charge in [0.15, 0.2) is 29.3 Å². The van der Waals surface area contributed by atoms with Gasteiger partial charge in [0, 0.05) is 24.0 Å². The number of carbonyl (C=O) groups is 2. The van der Waals surface area contributed by atoms with Gasteiger partial charge >= 0.3 is 5.97 Å². The van der Waals surface area contributed by atoms with E-state index in [1.54, 1.807) is 23.0 Å². The quantitative estimate of drug-likeness (QED) is 0.203. The number of aryl methyl sites for hydroxylation is 1. The molecule has 0 aliphatic carbocycles. The Kier molecular flexibility index (Phi) is 7.82. The molecule has 1 fully saturated rings. The van der Waals surface area contributed by atoms with Crippen LogP contribution in [0.4, 0.5) is 5.82 Å². The maximum atomic E-state index is 12.7. The van der Waals surface area contributed by atoms with Gasteiger partial charge in [-0.1, -0.05) is 60.7 Å². The van der Waals surface area contributed by atoms with Crippen LogP contribution in [-0.4, -0.2) is 60.3 Å². The minimum Gasteiger partial charge on any atom is -0.491 e. The fraction of sp³-hybridized carbons (Fsp3) is 0.219. The van der Waals surface area contributed by atoms with Gasteiger partial charge in [-0.25, -0.2) is 19.7 Å². The number of hydrogen-bond acceptors (Lipinski definition) is 9. The lowest BCUT2D eigenvalue weighted by molar-refractivity contribution is -0.0457. The summed E-state index contributed by atoms with van der Waals surface area (Å²) in [5.41, 5.74) is 8.95. The summed E-state index contributed by atoms with van der Waals surface area (Å²) < 4.78 is 13.8. The van der Waals surface area contributed by atoms with Crippen LogP contribution in [0, 0.1) is 0 Å². The van der Waals surface area contributed by atoms with Gasteiger partial charge in [-0.05, 0) is 30.2 Å². The number of anilines is 1. The molecule has 11 nitrogen and oxygen atoms in total. The summed E-state index contributed by atoms with van der Waals surface area (Å²) in [5, 5.41) is 20.3. The highest BCUT2D eigenvalue weighted by Gasteiger charge is 2.37. The van der Waals surface area contributed by atoms with Gasteiger partial charge in [0.25, 0.3) is 0 Å². The molecule has 6 rings (SSSR count). The molecule has 1 saturated heterocycles. The third-order valence-corrected chi connectivity index (χ3v) is 7.35. The molecule has 5 aromatic rings. The summed E-state index contributed by atoms with van der Waals surface area (Å²) in [6, 6.07) is 23.0. The number of fused-ring (bicyclic) bond motifs is 1. The minimum atomic E-state index is -1.13. The molecule has 43 heavy (non-hydrogen) atoms. The van der Waals surface area contributed by atoms with Gasteiger partial charge in [0.1, 0.15) is 24.0 Å². The van der Waals surface area contributed by atoms with Gasteiger partial charge in [0.05, 0.1) is 18.0 Å². The van der Waals surface area contributed by atoms with E-state index in [4.69, 9.17) is 15.2 Å². The molecule has 218 valence electrons. The van der Waals surface area contributed by atoms with E-state index < -0.39 is 24.4 Å². The summed E-state index contributed by atoms with van der Waals surface area (Å²) in [4.78, 5) is 37.6. The molecule has 0 saturated carbocycles. The fourth-order valence-corrected chi connectivity index (χ4v) is 5.21. The van der Waals surface area contributed by atoms with E-state index in [0.29, 0.717) is 35.6 Å². The molecule has 3 heterocycles. The zero-order valence-electron chi connectivity index (χ0n) is 23.0. The summed E-state index contributed by atoms with van der Waals surface area (Å²) in [6.45, 7) is 0.195. The van der Waals surface area contributed by atoms with Crippen LogP contribution in [0.25, 0.3) is 22.6 Å². The molecule has 1 aliphatic rings. The predicted octanol–water partition coefficient (Wildman–Crippen LogP) is 4.32. The first-order valence-electron chi connectivity index (χ1n) is 13.8. The second-order valence-electron chi connectivity index (χ2n) is 10.3. The Bertz CT molecular complexity index is 1790. The molecule has 0 radical (unpaired) electrons. The number of aliphatic hydroxyl groups excluding tert-OH is 1. The van der Waals surface area contributed by atoms with Gasteiger partial charge in [-0.15, -0.1) is 0 Å². The van der Waals surface area contributed by atoms with Crippen molar-refractivity contribution in [3.05, 3.63) is 102 Å². The molecule has 1 aliphatic heterocycles. The molecule has 11 heteroatoms. The molecule has 4 N–H and O–H groups in total. The van der Waals surface area contributed by atoms with Crippen molar-refractivity contribution >= 4 is 28.7 Å². The maximum Gasteiger partial charge on any atom is 0.336 e. The number of imidazole rings is 1. The Morgan fingerprint density at radius 1 is 1.00 bits per heavy atom. The lowest BCUT2D eigenvalue weighted by Gasteiger charge is -2.17. The first-order valence-corrected chi connectivity index (χ1v) is 13.8. The monoisotopic (exact) mass is 579 g/mol. The Labute approximate surface area is 246 Å². The van der Waals surface area contributed by atoms with Gasteiger partial charge < -0.3 is 25.4 Å². The third-order valence-electron chi connectivity index (χ3n) is 7.35. The molecule has 0 amide bonds. The average Bonchev–Trinajstić information content (AvgIpc) is 3.62. The number of aliphatic hydroxyl groups is 1. The predicted molar refractivity (Wildman–Crippen MR) is 158 cm³/mol. The number of nitrogen functional groups attached to an aromatic ring is 1. The molecular weight excluding hydrogens is 550 g/mol. The number of ketones is 1. The summed E-state index contributed by atoms with van der Waals surface area (Å²) in [5.74, 6) is -0.0800. The number of nitrogens with zero attached hydrogens (tertiary/aromatic N) is 4. The van der Waals surface area contributed by atoms with Gasteiger partial charge in [-0.2, -0.15) is 0 Å². The van der Waals surface area contributed by atoms with E-state index in [0.717, 1.165) is 11.1 Å². The van der Waals surface area contributed by atoms with Crippen LogP contribution in [0.1, 0.15) is 45.3 Å². The van der Waals surface area contributed by atoms with Crippen molar-refractivity contribution in [2.24, 2.45) is 0 Å². The molecule has 3 atom stereocenters. The molecule has 0 spiro atoms. The normalized spacial score (nSPS) is 18.1. The Hall–Kier alpha value is -5.13. The Morgan fingerprint density at radius 2 is 1.77 bits per heavy atom. The minimum absolute atomic E-state index is 0.00196. The number of aromatic carboxylic acids is 1. The molecular formula is C32H29N5O6. The highest BCUT2D eigenvalue weighted by Crippen LogP contribution is 2.33. The number of aromatic nitrogens is 4. The largest absolute Gasteiger partial charge is 0.491 e. The number of ether oxygens (including phenoxy) is 2. The van der Waals surface area contributed by atoms with Crippen molar-refractivity contribution < 1.29 is 29.3 Å². The summed E-state index contributed by atoms with van der Waals surface area (Å²) >= 11 is 0. The average molecular weight is 580 g/mol. The summed E-state index contributed by atoms with van der Waals surface area (Å²) in [6.07, 6.45) is 0.508. The van der Waals surface area contributed by atoms with Crippen molar-refractivity contribution in [1.29, 1.82) is 0 Å². The van der Waals surface area contributed by atoms with Crippen molar-refractivity contribution in [2.75, 3.05) is 12.3 Å². The first kappa shape index (κ1) is 28.0. The van der Waals surface area contributed by atoms with Crippen LogP contribution in [0.5, 0.6) is 5.75 Å². The van der Waals surface area contributed by atoms with Crippen molar-refractivity contribution in [1.82, 2.24) is 19.5 Å². The van der Waals surface area contributed by atoms with Crippen molar-refractivity contribution in [3.63, 3.8) is 0 Å². The number of nitrogens with two attached hydrogens (primary N) is 1. The van der Waals surface area contributed by atoms with E-state index in [9.17, 15) is 19.8 Å². The Balaban J connectivity index is 1.10. The number of Topliss-reactive ketones (excluding diaryl/α,β-unsaturated/α-hetero) is 1. The van der Waals surface area contributed by atoms with E-state index in [1.165, 1.54) is 12.1 Å². The van der Waals surface area contributed by atoms with E-state index in [2.05, 4.69) is 15.0 Å². The second kappa shape index (κ2) is 12.0. The van der Waals surface area contributed by atoms with Crippen LogP contribution in [0.15, 0.2) is 85.2 Å². The summed E-state index contributed by atoms with van der Waals surface area (Å²) in [7, 11) is 0. The van der Waals surface area contributed by atoms with E-state index >= 15 is 0 Å². The number of carbonyl (C=O) groups excluding carboxylic acids is 1. The van der Waals surface area contributed by atoms with E-state index in [1.807, 2.05) is 54.6 Å². The number of hydrogen-bond donors (Lipinski definition) is 3. The molecule has 0 bridgehead atoms. The van der Waals surface area contributed by atoms with Crippen molar-refractivity contribution in [3.8, 4) is 17.1 Å². The fourth-order valence-electron chi connectivity index (χ4n) is 5.21. The first-order chi connectivity index (χ1) is 20.9. The lowest BCUT2D eigenvalue weighted by Crippen LogP contribution is -2.20. The SMILES string of the molecule is Nc1nc(-c2ccccc2)nc2c1ncn2[C@@H]1O[C@H](COc2cccc(CCC(=O)c3ccccc3C(=O)O)c2)C[C@H]1O. The number of carboxylic acid groups (broad SMARTS) is 1. The van der Waals surface area contributed by atoms with Gasteiger partial charge in [-0.3, -0.25) is 9.36 Å². The number of benzene rings is 3. The zero-order valence-corrected chi connectivity index (χ0v) is 23.0. The van der Waals surface area contributed by atoms with Crippen LogP contribution in [0.3, 0.4) is 0 Å². The van der Waals surface area contributed by atoms with Crippen molar-refractivity contribution in [2.45, 2.75) is 37.7 Å². The van der Waals surface area contributed by atoms with Gasteiger partial charge in [0.2, 0.25) is 0 Å². The smallest absolute Gasteiger partial charge is 0.336 e. The molecule has 2 aromatic heterocycles. The zero-order chi connectivity index (χ0) is 29.9. The van der Waals surface area contributed by atoms with Crippen LogP contribution < -0.4 is 10.5 Å². The number of rotatable bonds is 10. The maximum absolute atomic E-state index is 12.7. The highest BCUT2D eigenvalue weighted by molar-refractivity contribution is 6.05. The third kappa shape index (κ3) is 5.94. The van der Waals surface area contributed by atoms with Crippen LogP contribution in [0.2, 0.25) is 0 Å². The molecule has 0 unspecified atom stereocenters. The second-order valence-corrected chi connectivity index (χ2v) is 10.3. The lowest BCUT2D eigenvalue weighted by atomic mass is 9.98.